The number of Topliss-reactive ketones (excluding diaryl/α,β-unsaturated/α-hetero) is 1. The predicted molar refractivity (Wildman–Crippen MR) is 43.6 cm³/mol. The van der Waals surface area contributed by atoms with Crippen LogP contribution in [0.2, 0.25) is 0 Å². The summed E-state index contributed by atoms with van der Waals surface area (Å²) >= 11 is 0. The average Bonchev–Trinajstić information content (AvgIpc) is 2.51. The van der Waals surface area contributed by atoms with Crippen molar-refractivity contribution in [3.63, 3.8) is 0 Å². The summed E-state index contributed by atoms with van der Waals surface area (Å²) in [6, 6.07) is 0. The Morgan fingerprint density at radius 2 is 2.33 bits per heavy atom. The summed E-state index contributed by atoms with van der Waals surface area (Å²) in [5.41, 5.74) is 1.13. The highest BCUT2D eigenvalue weighted by Crippen LogP contribution is 2.17. The van der Waals surface area contributed by atoms with Crippen LogP contribution in [0.15, 0.2) is 11.6 Å². The lowest BCUT2D eigenvalue weighted by atomic mass is 10.2. The maximum atomic E-state index is 10.7. The zero-order chi connectivity index (χ0) is 8.97. The van der Waals surface area contributed by atoms with E-state index >= 15 is 0 Å². The van der Waals surface area contributed by atoms with E-state index in [-0.39, 0.29) is 0 Å². The first-order valence-corrected chi connectivity index (χ1v) is 4.06. The number of ether oxygens (including phenoxy) is 1. The molecule has 66 valence electrons. The molecule has 1 aliphatic rings. The van der Waals surface area contributed by atoms with Gasteiger partial charge in [0.1, 0.15) is 6.61 Å². The van der Waals surface area contributed by atoms with E-state index in [1.54, 1.807) is 0 Å². The number of carbonyl (C=O) groups excluding carboxylic acids is 2. The summed E-state index contributed by atoms with van der Waals surface area (Å²) in [5.74, 6) is -1.27. The Morgan fingerprint density at radius 1 is 1.58 bits per heavy atom. The fraction of sp³-hybridized carbons (Fsp3) is 0.556. The number of hydrogen-bond acceptors (Lipinski definition) is 3. The van der Waals surface area contributed by atoms with Crippen molar-refractivity contribution in [3.05, 3.63) is 11.6 Å². The van der Waals surface area contributed by atoms with Gasteiger partial charge in [-0.3, -0.25) is 4.79 Å². The van der Waals surface area contributed by atoms with E-state index in [0.29, 0.717) is 6.61 Å². The summed E-state index contributed by atoms with van der Waals surface area (Å²) < 4.78 is 4.73. The molecule has 3 heteroatoms. The minimum atomic E-state index is -0.734. The summed E-state index contributed by atoms with van der Waals surface area (Å²) in [6.07, 6.45) is 5.25. The van der Waals surface area contributed by atoms with E-state index in [9.17, 15) is 9.59 Å². The quantitative estimate of drug-likeness (QED) is 0.361. The van der Waals surface area contributed by atoms with E-state index < -0.39 is 11.8 Å². The zero-order valence-electron chi connectivity index (χ0n) is 7.13. The molecule has 0 aliphatic heterocycles. The molecule has 12 heavy (non-hydrogen) atoms. The van der Waals surface area contributed by atoms with Gasteiger partial charge in [-0.05, 0) is 24.8 Å². The lowest BCUT2D eigenvalue weighted by Gasteiger charge is -2.01. The van der Waals surface area contributed by atoms with Gasteiger partial charge < -0.3 is 4.74 Å². The lowest BCUT2D eigenvalue weighted by molar-refractivity contribution is -0.152. The number of hydrogen-bond donors (Lipinski definition) is 0. The van der Waals surface area contributed by atoms with Crippen molar-refractivity contribution < 1.29 is 14.3 Å². The molecule has 0 radical (unpaired) electrons. The highest BCUT2D eigenvalue weighted by atomic mass is 16.5. The fourth-order valence-electron chi connectivity index (χ4n) is 1.13. The van der Waals surface area contributed by atoms with Gasteiger partial charge in [0.2, 0.25) is 5.78 Å². The third kappa shape index (κ3) is 2.49. The molecule has 0 unspecified atom stereocenters. The number of carbonyl (C=O) groups is 2. The smallest absolute Gasteiger partial charge is 0.374 e. The van der Waals surface area contributed by atoms with Crippen molar-refractivity contribution in [2.75, 3.05) is 6.61 Å². The first kappa shape index (κ1) is 8.97. The van der Waals surface area contributed by atoms with Crippen LogP contribution in [0.25, 0.3) is 0 Å². The molecule has 0 heterocycles. The molecule has 0 saturated heterocycles. The summed E-state index contributed by atoms with van der Waals surface area (Å²) in [6.45, 7) is 1.50. The Kier molecular flexibility index (Phi) is 3.02. The fourth-order valence-corrected chi connectivity index (χ4v) is 1.13. The Morgan fingerprint density at radius 3 is 2.83 bits per heavy atom. The molecule has 0 aromatic heterocycles. The normalized spacial score (nSPS) is 15.6. The number of esters is 1. The molecule has 1 aliphatic carbocycles. The first-order chi connectivity index (χ1) is 5.70. The van der Waals surface area contributed by atoms with E-state index in [1.165, 1.54) is 6.92 Å². The van der Waals surface area contributed by atoms with Crippen LogP contribution in [-0.2, 0) is 14.3 Å². The van der Waals surface area contributed by atoms with E-state index in [2.05, 4.69) is 6.08 Å². The SMILES string of the molecule is CC(=O)C(=O)OCC1=CCCC1. The van der Waals surface area contributed by atoms with Crippen molar-refractivity contribution in [2.45, 2.75) is 26.2 Å². The third-order valence-electron chi connectivity index (χ3n) is 1.81. The molecule has 0 amide bonds. The van der Waals surface area contributed by atoms with Gasteiger partial charge in [0.15, 0.2) is 0 Å². The Hall–Kier alpha value is -1.12. The van der Waals surface area contributed by atoms with Gasteiger partial charge in [-0.15, -0.1) is 0 Å². The molecule has 0 aromatic rings. The average molecular weight is 168 g/mol. The monoisotopic (exact) mass is 168 g/mol. The van der Waals surface area contributed by atoms with Crippen molar-refractivity contribution in [2.24, 2.45) is 0 Å². The maximum absolute atomic E-state index is 10.7. The van der Waals surface area contributed by atoms with Gasteiger partial charge >= 0.3 is 5.97 Å². The zero-order valence-corrected chi connectivity index (χ0v) is 7.13. The Labute approximate surface area is 71.4 Å². The molecule has 0 N–H and O–H groups in total. The number of ketones is 1. The number of rotatable bonds is 3. The predicted octanol–water partition coefficient (Wildman–Crippen LogP) is 1.23. The van der Waals surface area contributed by atoms with Crippen LogP contribution in [0.3, 0.4) is 0 Å². The minimum absolute atomic E-state index is 0.290. The Balaban J connectivity index is 2.25. The summed E-state index contributed by atoms with van der Waals surface area (Å²) in [5, 5.41) is 0. The second kappa shape index (κ2) is 4.04. The topological polar surface area (TPSA) is 43.4 Å². The third-order valence-corrected chi connectivity index (χ3v) is 1.81. The molecule has 3 nitrogen and oxygen atoms in total. The highest BCUT2D eigenvalue weighted by molar-refractivity contribution is 6.32. The maximum Gasteiger partial charge on any atom is 0.374 e. The van der Waals surface area contributed by atoms with Gasteiger partial charge in [-0.2, -0.15) is 0 Å². The van der Waals surface area contributed by atoms with E-state index in [0.717, 1.165) is 24.8 Å². The van der Waals surface area contributed by atoms with Gasteiger partial charge in [0, 0.05) is 6.92 Å². The molecule has 0 atom stereocenters. The molecular formula is C9H12O3. The van der Waals surface area contributed by atoms with Gasteiger partial charge in [0.25, 0.3) is 0 Å². The highest BCUT2D eigenvalue weighted by Gasteiger charge is 2.11. The summed E-state index contributed by atoms with van der Waals surface area (Å²) in [4.78, 5) is 21.2. The summed E-state index contributed by atoms with van der Waals surface area (Å²) in [7, 11) is 0. The molecule has 0 spiro atoms. The van der Waals surface area contributed by atoms with Crippen LogP contribution >= 0.6 is 0 Å². The largest absolute Gasteiger partial charge is 0.455 e. The van der Waals surface area contributed by atoms with Gasteiger partial charge in [0.05, 0.1) is 0 Å². The molecular weight excluding hydrogens is 156 g/mol. The van der Waals surface area contributed by atoms with Crippen LogP contribution < -0.4 is 0 Å². The molecule has 0 fully saturated rings. The molecule has 0 bridgehead atoms. The second-order valence-corrected chi connectivity index (χ2v) is 2.89. The number of allylic oxidation sites excluding steroid dienone is 1. The van der Waals surface area contributed by atoms with Crippen LogP contribution in [-0.4, -0.2) is 18.4 Å². The van der Waals surface area contributed by atoms with Crippen LogP contribution in [0.5, 0.6) is 0 Å². The molecule has 0 aromatic carbocycles. The molecule has 0 saturated carbocycles. The second-order valence-electron chi connectivity index (χ2n) is 2.89. The van der Waals surface area contributed by atoms with Crippen molar-refractivity contribution in [1.82, 2.24) is 0 Å². The standard InChI is InChI=1S/C9H12O3/c1-7(10)9(11)12-6-8-4-2-3-5-8/h4H,2-3,5-6H2,1H3. The van der Waals surface area contributed by atoms with Gasteiger partial charge in [-0.25, -0.2) is 4.79 Å². The van der Waals surface area contributed by atoms with Crippen molar-refractivity contribution >= 4 is 11.8 Å². The van der Waals surface area contributed by atoms with Crippen LogP contribution in [0.4, 0.5) is 0 Å². The van der Waals surface area contributed by atoms with E-state index in [4.69, 9.17) is 4.74 Å². The lowest BCUT2D eigenvalue weighted by Crippen LogP contribution is -2.14. The van der Waals surface area contributed by atoms with Crippen molar-refractivity contribution in [3.8, 4) is 0 Å². The Bertz CT molecular complexity index is 226. The molecule has 1 rings (SSSR count). The van der Waals surface area contributed by atoms with Crippen molar-refractivity contribution in [1.29, 1.82) is 0 Å². The minimum Gasteiger partial charge on any atom is -0.455 e. The van der Waals surface area contributed by atoms with Crippen LogP contribution in [0.1, 0.15) is 26.2 Å². The van der Waals surface area contributed by atoms with E-state index in [1.807, 2.05) is 0 Å². The van der Waals surface area contributed by atoms with Gasteiger partial charge in [-0.1, -0.05) is 6.08 Å². The first-order valence-electron chi connectivity index (χ1n) is 4.06. The van der Waals surface area contributed by atoms with Crippen LogP contribution in [0, 0.1) is 0 Å².